The summed E-state index contributed by atoms with van der Waals surface area (Å²) < 4.78 is 0. The van der Waals surface area contributed by atoms with Crippen LogP contribution >= 0.6 is 0 Å². The summed E-state index contributed by atoms with van der Waals surface area (Å²) in [6, 6.07) is 13.1. The van der Waals surface area contributed by atoms with E-state index < -0.39 is 41.6 Å². The first-order chi connectivity index (χ1) is 12.3. The Morgan fingerprint density at radius 1 is 0.769 bits per heavy atom. The van der Waals surface area contributed by atoms with E-state index in [0.29, 0.717) is 22.5 Å². The zero-order chi connectivity index (χ0) is 18.5. The Kier molecular flexibility index (Phi) is 3.47. The number of carbonyl (C=O) groups excluding carboxylic acids is 3. The first kappa shape index (κ1) is 16.4. The van der Waals surface area contributed by atoms with Crippen LogP contribution in [0.4, 0.5) is 11.4 Å². The van der Waals surface area contributed by atoms with Crippen molar-refractivity contribution in [2.24, 2.45) is 0 Å². The molecule has 0 spiro atoms. The highest BCUT2D eigenvalue weighted by atomic mass is 16.3. The Hall–Kier alpha value is -3.03. The monoisotopic (exact) mass is 352 g/mol. The number of amides is 2. The first-order valence-electron chi connectivity index (χ1n) is 8.13. The fraction of sp³-hybridized carbons (Fsp3) is 0.211. The van der Waals surface area contributed by atoms with E-state index >= 15 is 0 Å². The SMILES string of the molecule is O=C(C[C@@]1(O)C(=O)Nc2ccccc21)C[C@]1(O)C(=O)Nc2ccccc21. The van der Waals surface area contributed by atoms with Crippen molar-refractivity contribution < 1.29 is 24.6 Å². The number of Topliss-reactive ketones (excluding diaryl/α,β-unsaturated/α-hetero) is 1. The molecule has 0 saturated heterocycles. The summed E-state index contributed by atoms with van der Waals surface area (Å²) in [5.74, 6) is -2.00. The summed E-state index contributed by atoms with van der Waals surface area (Å²) in [6.07, 6.45) is -1.07. The minimum atomic E-state index is -2.02. The molecule has 0 saturated carbocycles. The lowest BCUT2D eigenvalue weighted by atomic mass is 9.84. The van der Waals surface area contributed by atoms with Crippen LogP contribution in [-0.2, 0) is 25.6 Å². The molecule has 4 rings (SSSR count). The molecule has 2 aliphatic rings. The van der Waals surface area contributed by atoms with E-state index in [1.54, 1.807) is 48.5 Å². The summed E-state index contributed by atoms with van der Waals surface area (Å²) in [5, 5.41) is 26.6. The smallest absolute Gasteiger partial charge is 0.261 e. The van der Waals surface area contributed by atoms with Gasteiger partial charge in [-0.15, -0.1) is 0 Å². The van der Waals surface area contributed by atoms with Crippen LogP contribution in [0, 0.1) is 0 Å². The molecule has 0 radical (unpaired) electrons. The molecule has 0 aliphatic carbocycles. The maximum Gasteiger partial charge on any atom is 0.261 e. The molecule has 7 nitrogen and oxygen atoms in total. The molecular formula is C19H16N2O5. The molecule has 0 fully saturated rings. The average molecular weight is 352 g/mol. The second kappa shape index (κ2) is 5.48. The number of ketones is 1. The van der Waals surface area contributed by atoms with E-state index in [9.17, 15) is 24.6 Å². The van der Waals surface area contributed by atoms with E-state index in [4.69, 9.17) is 0 Å². The lowest BCUT2D eigenvalue weighted by Gasteiger charge is -2.24. The molecule has 7 heteroatoms. The fourth-order valence-corrected chi connectivity index (χ4v) is 3.59. The first-order valence-corrected chi connectivity index (χ1v) is 8.13. The number of anilines is 2. The predicted octanol–water partition coefficient (Wildman–Crippen LogP) is 1.02. The third-order valence-electron chi connectivity index (χ3n) is 4.90. The van der Waals surface area contributed by atoms with Gasteiger partial charge in [0, 0.05) is 35.3 Å². The quantitative estimate of drug-likeness (QED) is 0.656. The Morgan fingerprint density at radius 3 is 1.58 bits per heavy atom. The number of rotatable bonds is 4. The Balaban J connectivity index is 1.60. The summed E-state index contributed by atoms with van der Waals surface area (Å²) in [4.78, 5) is 37.0. The molecule has 2 atom stereocenters. The van der Waals surface area contributed by atoms with E-state index in [1.165, 1.54) is 0 Å². The molecule has 0 unspecified atom stereocenters. The molecule has 4 N–H and O–H groups in total. The van der Waals surface area contributed by atoms with Gasteiger partial charge in [0.25, 0.3) is 11.8 Å². The van der Waals surface area contributed by atoms with Crippen LogP contribution < -0.4 is 10.6 Å². The Morgan fingerprint density at radius 2 is 1.15 bits per heavy atom. The molecule has 2 aromatic rings. The lowest BCUT2D eigenvalue weighted by Crippen LogP contribution is -2.41. The highest BCUT2D eigenvalue weighted by Crippen LogP contribution is 2.42. The van der Waals surface area contributed by atoms with Gasteiger partial charge in [-0.05, 0) is 12.1 Å². The average Bonchev–Trinajstić information content (AvgIpc) is 3.00. The largest absolute Gasteiger partial charge is 0.375 e. The van der Waals surface area contributed by atoms with E-state index in [2.05, 4.69) is 10.6 Å². The number of para-hydroxylation sites is 2. The van der Waals surface area contributed by atoms with Crippen LogP contribution in [0.2, 0.25) is 0 Å². The molecule has 2 heterocycles. The second-order valence-corrected chi connectivity index (χ2v) is 6.61. The van der Waals surface area contributed by atoms with Crippen LogP contribution in [0.5, 0.6) is 0 Å². The van der Waals surface area contributed by atoms with Crippen molar-refractivity contribution in [2.45, 2.75) is 24.0 Å². The van der Waals surface area contributed by atoms with Gasteiger partial charge in [-0.1, -0.05) is 36.4 Å². The number of hydrogen-bond acceptors (Lipinski definition) is 5. The zero-order valence-electron chi connectivity index (χ0n) is 13.7. The van der Waals surface area contributed by atoms with E-state index in [-0.39, 0.29) is 0 Å². The number of carbonyl (C=O) groups is 3. The number of fused-ring (bicyclic) bond motifs is 2. The maximum atomic E-state index is 12.6. The summed E-state index contributed by atoms with van der Waals surface area (Å²) in [7, 11) is 0. The maximum absolute atomic E-state index is 12.6. The topological polar surface area (TPSA) is 116 Å². The van der Waals surface area contributed by atoms with Crippen molar-refractivity contribution >= 4 is 29.0 Å². The summed E-state index contributed by atoms with van der Waals surface area (Å²) >= 11 is 0. The third-order valence-corrected chi connectivity index (χ3v) is 4.90. The van der Waals surface area contributed by atoms with Gasteiger partial charge in [0.05, 0.1) is 0 Å². The van der Waals surface area contributed by atoms with Gasteiger partial charge in [-0.25, -0.2) is 0 Å². The van der Waals surface area contributed by atoms with Gasteiger partial charge in [0.1, 0.15) is 5.78 Å². The molecule has 26 heavy (non-hydrogen) atoms. The molecule has 2 amide bonds. The summed E-state index contributed by atoms with van der Waals surface area (Å²) in [6.45, 7) is 0. The highest BCUT2D eigenvalue weighted by Gasteiger charge is 2.50. The van der Waals surface area contributed by atoms with Crippen LogP contribution in [0.3, 0.4) is 0 Å². The number of aliphatic hydroxyl groups is 2. The van der Waals surface area contributed by atoms with Gasteiger partial charge in [0.15, 0.2) is 11.2 Å². The van der Waals surface area contributed by atoms with E-state index in [0.717, 1.165) is 0 Å². The van der Waals surface area contributed by atoms with Crippen molar-refractivity contribution in [1.82, 2.24) is 0 Å². The lowest BCUT2D eigenvalue weighted by molar-refractivity contribution is -0.145. The summed E-state index contributed by atoms with van der Waals surface area (Å²) in [5.41, 5.74) is -2.54. The minimum Gasteiger partial charge on any atom is -0.375 e. The Labute approximate surface area is 148 Å². The van der Waals surface area contributed by atoms with Gasteiger partial charge < -0.3 is 20.8 Å². The van der Waals surface area contributed by atoms with Crippen molar-refractivity contribution in [3.05, 3.63) is 59.7 Å². The van der Waals surface area contributed by atoms with Crippen molar-refractivity contribution in [1.29, 1.82) is 0 Å². The normalized spacial score (nSPS) is 26.1. The van der Waals surface area contributed by atoms with Crippen LogP contribution in [0.1, 0.15) is 24.0 Å². The number of benzene rings is 2. The second-order valence-electron chi connectivity index (χ2n) is 6.61. The molecular weight excluding hydrogens is 336 g/mol. The Bertz CT molecular complexity index is 881. The van der Waals surface area contributed by atoms with Gasteiger partial charge >= 0.3 is 0 Å². The van der Waals surface area contributed by atoms with Gasteiger partial charge in [0.2, 0.25) is 0 Å². The highest BCUT2D eigenvalue weighted by molar-refractivity contribution is 6.09. The van der Waals surface area contributed by atoms with Crippen molar-refractivity contribution in [2.75, 3.05) is 10.6 Å². The number of hydrogen-bond donors (Lipinski definition) is 4. The van der Waals surface area contributed by atoms with Crippen molar-refractivity contribution in [3.8, 4) is 0 Å². The van der Waals surface area contributed by atoms with Gasteiger partial charge in [-0.3, -0.25) is 14.4 Å². The standard InChI is InChI=1S/C19H16N2O5/c22-11(9-18(25)12-5-1-3-7-14(12)20-16(18)23)10-19(26)13-6-2-4-8-15(13)21-17(19)24/h1-8,25-26H,9-10H2,(H,20,23)(H,21,24)/t18-,19+. The molecule has 0 bridgehead atoms. The van der Waals surface area contributed by atoms with Crippen LogP contribution in [0.15, 0.2) is 48.5 Å². The fourth-order valence-electron chi connectivity index (χ4n) is 3.59. The van der Waals surface area contributed by atoms with Crippen LogP contribution in [-0.4, -0.2) is 27.8 Å². The molecule has 2 aliphatic heterocycles. The molecule has 0 aromatic heterocycles. The number of nitrogens with one attached hydrogen (secondary N) is 2. The molecule has 2 aromatic carbocycles. The van der Waals surface area contributed by atoms with Gasteiger partial charge in [-0.2, -0.15) is 0 Å². The van der Waals surface area contributed by atoms with Crippen molar-refractivity contribution in [3.63, 3.8) is 0 Å². The van der Waals surface area contributed by atoms with Crippen LogP contribution in [0.25, 0.3) is 0 Å². The van der Waals surface area contributed by atoms with E-state index in [1.807, 2.05) is 0 Å². The zero-order valence-corrected chi connectivity index (χ0v) is 13.7. The molecule has 132 valence electrons. The minimum absolute atomic E-state index is 0.307. The predicted molar refractivity (Wildman–Crippen MR) is 92.2 cm³/mol. The third kappa shape index (κ3) is 2.25.